The molecule has 0 aliphatic carbocycles. The number of nitrogens with zero attached hydrogens (tertiary/aromatic N) is 3. The summed E-state index contributed by atoms with van der Waals surface area (Å²) < 4.78 is 12.8. The van der Waals surface area contributed by atoms with E-state index in [1.54, 1.807) is 0 Å². The van der Waals surface area contributed by atoms with E-state index in [9.17, 15) is 4.79 Å². The van der Waals surface area contributed by atoms with E-state index in [1.165, 1.54) is 0 Å². The summed E-state index contributed by atoms with van der Waals surface area (Å²) in [7, 11) is 0. The number of esters is 1. The third-order valence-electron chi connectivity index (χ3n) is 4.97. The molecular weight excluding hydrogens is 330 g/mol. The van der Waals surface area contributed by atoms with Gasteiger partial charge in [-0.05, 0) is 5.56 Å². The minimum atomic E-state index is -0.300. The molecule has 2 aliphatic rings. The summed E-state index contributed by atoms with van der Waals surface area (Å²) in [6.45, 7) is 9.17. The highest BCUT2D eigenvalue weighted by Crippen LogP contribution is 2.37. The van der Waals surface area contributed by atoms with Crippen molar-refractivity contribution < 1.29 is 14.3 Å². The third-order valence-corrected chi connectivity index (χ3v) is 4.97. The van der Waals surface area contributed by atoms with Crippen molar-refractivity contribution in [1.29, 1.82) is 0 Å². The molecule has 6 nitrogen and oxygen atoms in total. The van der Waals surface area contributed by atoms with E-state index in [1.807, 2.05) is 35.1 Å². The van der Waals surface area contributed by atoms with Crippen molar-refractivity contribution in [1.82, 2.24) is 14.7 Å². The van der Waals surface area contributed by atoms with Crippen molar-refractivity contribution in [2.45, 2.75) is 19.1 Å². The van der Waals surface area contributed by atoms with Gasteiger partial charge in [0.05, 0.1) is 26.0 Å². The fourth-order valence-electron chi connectivity index (χ4n) is 3.47. The van der Waals surface area contributed by atoms with Crippen LogP contribution < -0.4 is 0 Å². The fraction of sp³-hybridized carbons (Fsp3) is 0.400. The number of morpholine rings is 1. The quantitative estimate of drug-likeness (QED) is 0.610. The zero-order valence-corrected chi connectivity index (χ0v) is 14.8. The highest BCUT2D eigenvalue weighted by atomic mass is 16.5. The molecule has 0 saturated carbocycles. The average molecular weight is 353 g/mol. The molecule has 136 valence electrons. The molecule has 0 amide bonds. The van der Waals surface area contributed by atoms with Gasteiger partial charge in [-0.15, -0.1) is 0 Å². The van der Waals surface area contributed by atoms with Gasteiger partial charge in [-0.1, -0.05) is 30.8 Å². The summed E-state index contributed by atoms with van der Waals surface area (Å²) >= 11 is 0. The number of carbonyl (C=O) groups is 1. The Bertz CT molecular complexity index is 792. The molecule has 4 rings (SSSR count). The van der Waals surface area contributed by atoms with Gasteiger partial charge < -0.3 is 9.47 Å². The number of ether oxygens (including phenoxy) is 2. The number of rotatable bonds is 5. The summed E-state index contributed by atoms with van der Waals surface area (Å²) in [6.07, 6.45) is 4.22. The van der Waals surface area contributed by atoms with Crippen molar-refractivity contribution in [2.24, 2.45) is 0 Å². The Morgan fingerprint density at radius 1 is 1.19 bits per heavy atom. The number of hydrogen-bond acceptors (Lipinski definition) is 5. The SMILES string of the molecule is C=C1C[C@@H](c2ccccc2-c2cnn(CCN3CCOCC3)c2)OC1=O. The van der Waals surface area contributed by atoms with Crippen molar-refractivity contribution in [3.63, 3.8) is 0 Å². The molecule has 2 fully saturated rings. The molecule has 2 aliphatic heterocycles. The molecule has 0 radical (unpaired) electrons. The Balaban J connectivity index is 1.49. The molecule has 0 spiro atoms. The van der Waals surface area contributed by atoms with Crippen LogP contribution in [0.5, 0.6) is 0 Å². The van der Waals surface area contributed by atoms with Crippen LogP contribution in [0, 0.1) is 0 Å². The Morgan fingerprint density at radius 2 is 2.00 bits per heavy atom. The maximum Gasteiger partial charge on any atom is 0.334 e. The zero-order valence-electron chi connectivity index (χ0n) is 14.8. The number of benzene rings is 1. The normalized spacial score (nSPS) is 21.2. The van der Waals surface area contributed by atoms with Crippen LogP contribution in [0.1, 0.15) is 18.1 Å². The van der Waals surface area contributed by atoms with Crippen LogP contribution in [0.4, 0.5) is 0 Å². The summed E-state index contributed by atoms with van der Waals surface area (Å²) in [5.41, 5.74) is 3.63. The number of cyclic esters (lactones) is 1. The highest BCUT2D eigenvalue weighted by molar-refractivity contribution is 5.90. The van der Waals surface area contributed by atoms with E-state index in [0.717, 1.165) is 56.1 Å². The fourth-order valence-corrected chi connectivity index (χ4v) is 3.47. The van der Waals surface area contributed by atoms with Crippen molar-refractivity contribution in [3.05, 3.63) is 54.4 Å². The number of hydrogen-bond donors (Lipinski definition) is 0. The van der Waals surface area contributed by atoms with E-state index < -0.39 is 0 Å². The second-order valence-corrected chi connectivity index (χ2v) is 6.73. The molecule has 2 aromatic rings. The van der Waals surface area contributed by atoms with Crippen LogP contribution in [0.15, 0.2) is 48.8 Å². The average Bonchev–Trinajstić information content (AvgIpc) is 3.28. The molecule has 0 bridgehead atoms. The van der Waals surface area contributed by atoms with Gasteiger partial charge in [0.25, 0.3) is 0 Å². The third kappa shape index (κ3) is 3.57. The number of aromatic nitrogens is 2. The molecule has 6 heteroatoms. The largest absolute Gasteiger partial charge is 0.454 e. The van der Waals surface area contributed by atoms with Gasteiger partial charge in [-0.2, -0.15) is 5.10 Å². The van der Waals surface area contributed by atoms with Crippen LogP contribution in [0.3, 0.4) is 0 Å². The second-order valence-electron chi connectivity index (χ2n) is 6.73. The molecule has 1 aromatic carbocycles. The summed E-state index contributed by atoms with van der Waals surface area (Å²) in [5, 5.41) is 4.51. The lowest BCUT2D eigenvalue weighted by Crippen LogP contribution is -2.38. The Labute approximate surface area is 153 Å². The van der Waals surface area contributed by atoms with Crippen molar-refractivity contribution in [3.8, 4) is 11.1 Å². The Morgan fingerprint density at radius 3 is 2.77 bits per heavy atom. The van der Waals surface area contributed by atoms with Gasteiger partial charge in [-0.3, -0.25) is 9.58 Å². The highest BCUT2D eigenvalue weighted by Gasteiger charge is 2.30. The van der Waals surface area contributed by atoms with E-state index >= 15 is 0 Å². The van der Waals surface area contributed by atoms with Crippen molar-refractivity contribution in [2.75, 3.05) is 32.8 Å². The van der Waals surface area contributed by atoms with Gasteiger partial charge in [0.2, 0.25) is 0 Å². The van der Waals surface area contributed by atoms with Crippen LogP contribution in [0.25, 0.3) is 11.1 Å². The minimum Gasteiger partial charge on any atom is -0.454 e. The molecule has 0 N–H and O–H groups in total. The lowest BCUT2D eigenvalue weighted by molar-refractivity contribution is -0.139. The molecule has 1 atom stereocenters. The summed E-state index contributed by atoms with van der Waals surface area (Å²) in [4.78, 5) is 14.1. The van der Waals surface area contributed by atoms with Gasteiger partial charge in [-0.25, -0.2) is 4.79 Å². The van der Waals surface area contributed by atoms with Crippen LogP contribution in [0.2, 0.25) is 0 Å². The predicted molar refractivity (Wildman–Crippen MR) is 97.5 cm³/mol. The maximum absolute atomic E-state index is 11.7. The maximum atomic E-state index is 11.7. The van der Waals surface area contributed by atoms with E-state index in [-0.39, 0.29) is 12.1 Å². The standard InChI is InChI=1S/C20H23N3O3/c1-15-12-19(26-20(15)24)18-5-3-2-4-17(18)16-13-21-23(14-16)7-6-22-8-10-25-11-9-22/h2-5,13-14,19H,1,6-12H2/t19-/m0/s1. The second kappa shape index (κ2) is 7.43. The Hall–Kier alpha value is -2.44. The topological polar surface area (TPSA) is 56.6 Å². The molecular formula is C20H23N3O3. The molecule has 26 heavy (non-hydrogen) atoms. The molecule has 1 aromatic heterocycles. The van der Waals surface area contributed by atoms with Crippen LogP contribution in [-0.4, -0.2) is 53.5 Å². The van der Waals surface area contributed by atoms with Crippen molar-refractivity contribution >= 4 is 5.97 Å². The van der Waals surface area contributed by atoms with E-state index in [4.69, 9.17) is 9.47 Å². The zero-order chi connectivity index (χ0) is 17.9. The first-order valence-electron chi connectivity index (χ1n) is 9.01. The molecule has 3 heterocycles. The van der Waals surface area contributed by atoms with Gasteiger partial charge in [0.15, 0.2) is 0 Å². The first-order valence-corrected chi connectivity index (χ1v) is 9.01. The summed E-state index contributed by atoms with van der Waals surface area (Å²) in [5.74, 6) is -0.300. The smallest absolute Gasteiger partial charge is 0.334 e. The van der Waals surface area contributed by atoms with Gasteiger partial charge >= 0.3 is 5.97 Å². The van der Waals surface area contributed by atoms with Crippen LogP contribution in [-0.2, 0) is 20.8 Å². The Kier molecular flexibility index (Phi) is 4.86. The lowest BCUT2D eigenvalue weighted by Gasteiger charge is -2.26. The first kappa shape index (κ1) is 17.0. The monoisotopic (exact) mass is 353 g/mol. The minimum absolute atomic E-state index is 0.261. The van der Waals surface area contributed by atoms with Gasteiger partial charge in [0, 0.05) is 49.0 Å². The lowest BCUT2D eigenvalue weighted by atomic mass is 9.96. The molecule has 2 saturated heterocycles. The van der Waals surface area contributed by atoms with E-state index in [2.05, 4.69) is 22.8 Å². The van der Waals surface area contributed by atoms with E-state index in [0.29, 0.717) is 12.0 Å². The van der Waals surface area contributed by atoms with Crippen LogP contribution >= 0.6 is 0 Å². The molecule has 0 unspecified atom stereocenters. The predicted octanol–water partition coefficient (Wildman–Crippen LogP) is 2.43. The summed E-state index contributed by atoms with van der Waals surface area (Å²) in [6, 6.07) is 8.02. The first-order chi connectivity index (χ1) is 12.7. The number of carbonyl (C=O) groups excluding carboxylic acids is 1. The van der Waals surface area contributed by atoms with Gasteiger partial charge in [0.1, 0.15) is 6.10 Å².